The zero-order chi connectivity index (χ0) is 13.8. The summed E-state index contributed by atoms with van der Waals surface area (Å²) >= 11 is 0. The van der Waals surface area contributed by atoms with Crippen LogP contribution >= 0.6 is 0 Å². The molecule has 0 fully saturated rings. The Morgan fingerprint density at radius 2 is 2.37 bits per heavy atom. The highest BCUT2D eigenvalue weighted by Crippen LogP contribution is 2.09. The number of phenols is 1. The summed E-state index contributed by atoms with van der Waals surface area (Å²) < 4.78 is 0. The zero-order valence-corrected chi connectivity index (χ0v) is 10.1. The maximum absolute atomic E-state index is 11.7. The fourth-order valence-electron chi connectivity index (χ4n) is 1.51. The van der Waals surface area contributed by atoms with Gasteiger partial charge < -0.3 is 5.11 Å². The van der Waals surface area contributed by atoms with Crippen LogP contribution in [0.25, 0.3) is 0 Å². The molecule has 0 aromatic heterocycles. The summed E-state index contributed by atoms with van der Waals surface area (Å²) in [7, 11) is 0. The Labute approximate surface area is 109 Å². The van der Waals surface area contributed by atoms with E-state index in [1.54, 1.807) is 19.1 Å². The molecule has 0 spiro atoms. The number of hydrogen-bond donors (Lipinski definition) is 3. The van der Waals surface area contributed by atoms with Gasteiger partial charge in [0.2, 0.25) is 5.91 Å². The summed E-state index contributed by atoms with van der Waals surface area (Å²) in [5, 5.41) is 16.6. The molecule has 0 aliphatic carbocycles. The van der Waals surface area contributed by atoms with Crippen LogP contribution in [0, 0.1) is 5.92 Å². The first-order valence-electron chi connectivity index (χ1n) is 5.58. The second-order valence-corrected chi connectivity index (χ2v) is 3.99. The Hall–Kier alpha value is -2.70. The van der Waals surface area contributed by atoms with Crippen molar-refractivity contribution in [1.82, 2.24) is 10.9 Å². The van der Waals surface area contributed by atoms with Crippen molar-refractivity contribution in [3.05, 3.63) is 29.8 Å². The molecule has 1 atom stereocenters. The SMILES string of the molecule is CC1C(=O)NN=C1C(=O)N/N=C\c1cccc(O)c1. The van der Waals surface area contributed by atoms with Gasteiger partial charge >= 0.3 is 0 Å². The van der Waals surface area contributed by atoms with Crippen molar-refractivity contribution < 1.29 is 14.7 Å². The van der Waals surface area contributed by atoms with Crippen LogP contribution in [-0.2, 0) is 9.59 Å². The third-order valence-electron chi connectivity index (χ3n) is 2.57. The lowest BCUT2D eigenvalue weighted by Crippen LogP contribution is -2.32. The summed E-state index contributed by atoms with van der Waals surface area (Å²) in [5.74, 6) is -1.33. The lowest BCUT2D eigenvalue weighted by atomic mass is 10.1. The van der Waals surface area contributed by atoms with Crippen molar-refractivity contribution in [2.45, 2.75) is 6.92 Å². The number of amides is 2. The number of nitrogens with one attached hydrogen (secondary N) is 2. The number of aromatic hydroxyl groups is 1. The second-order valence-electron chi connectivity index (χ2n) is 3.99. The highest BCUT2D eigenvalue weighted by molar-refractivity contribution is 6.44. The molecule has 2 rings (SSSR count). The van der Waals surface area contributed by atoms with Gasteiger partial charge in [-0.1, -0.05) is 12.1 Å². The molecule has 3 N–H and O–H groups in total. The zero-order valence-electron chi connectivity index (χ0n) is 10.1. The average Bonchev–Trinajstić information content (AvgIpc) is 2.70. The van der Waals surface area contributed by atoms with Crippen molar-refractivity contribution in [2.24, 2.45) is 16.1 Å². The monoisotopic (exact) mass is 260 g/mol. The van der Waals surface area contributed by atoms with E-state index in [9.17, 15) is 14.7 Å². The lowest BCUT2D eigenvalue weighted by molar-refractivity contribution is -0.122. The highest BCUT2D eigenvalue weighted by atomic mass is 16.3. The third-order valence-corrected chi connectivity index (χ3v) is 2.57. The van der Waals surface area contributed by atoms with Crippen LogP contribution in [0.5, 0.6) is 5.75 Å². The Kier molecular flexibility index (Phi) is 3.56. The van der Waals surface area contributed by atoms with E-state index in [4.69, 9.17) is 0 Å². The van der Waals surface area contributed by atoms with Gasteiger partial charge in [0.15, 0.2) is 0 Å². The number of rotatable bonds is 3. The second kappa shape index (κ2) is 5.30. The van der Waals surface area contributed by atoms with Gasteiger partial charge in [0, 0.05) is 0 Å². The summed E-state index contributed by atoms with van der Waals surface area (Å²) in [6, 6.07) is 6.40. The lowest BCUT2D eigenvalue weighted by Gasteiger charge is -2.01. The smallest absolute Gasteiger partial charge is 0.288 e. The van der Waals surface area contributed by atoms with Gasteiger partial charge in [0.1, 0.15) is 11.5 Å². The number of hydrazone groups is 2. The predicted octanol–water partition coefficient (Wildman–Crippen LogP) is -0.0358. The van der Waals surface area contributed by atoms with Crippen LogP contribution in [0.2, 0.25) is 0 Å². The first-order chi connectivity index (χ1) is 9.08. The molecule has 0 radical (unpaired) electrons. The Morgan fingerprint density at radius 1 is 1.58 bits per heavy atom. The quantitative estimate of drug-likeness (QED) is 0.525. The molecule has 0 saturated heterocycles. The Balaban J connectivity index is 1.96. The number of nitrogens with zero attached hydrogens (tertiary/aromatic N) is 2. The van der Waals surface area contributed by atoms with E-state index < -0.39 is 11.8 Å². The van der Waals surface area contributed by atoms with Crippen LogP contribution < -0.4 is 10.9 Å². The molecule has 7 heteroatoms. The van der Waals surface area contributed by atoms with Crippen LogP contribution in [0.15, 0.2) is 34.5 Å². The molecule has 1 unspecified atom stereocenters. The topological polar surface area (TPSA) is 103 Å². The summed E-state index contributed by atoms with van der Waals surface area (Å²) in [5.41, 5.74) is 5.22. The van der Waals surface area contributed by atoms with E-state index in [1.165, 1.54) is 18.3 Å². The Morgan fingerprint density at radius 3 is 3.00 bits per heavy atom. The van der Waals surface area contributed by atoms with Gasteiger partial charge in [0.05, 0.1) is 12.1 Å². The molecule has 19 heavy (non-hydrogen) atoms. The standard InChI is InChI=1S/C12H12N4O3/c1-7-10(14-16-11(7)18)12(19)15-13-6-8-3-2-4-9(17)5-8/h2-7,17H,1H3,(H,15,19)(H,16,18)/b13-6-. The third kappa shape index (κ3) is 2.95. The van der Waals surface area contributed by atoms with Gasteiger partial charge in [-0.3, -0.25) is 9.59 Å². The first kappa shape index (κ1) is 12.7. The number of carbonyl (C=O) groups is 2. The number of phenolic OH excluding ortho intramolecular Hbond substituents is 1. The molecule has 1 aromatic rings. The van der Waals surface area contributed by atoms with Gasteiger partial charge in [0.25, 0.3) is 5.91 Å². The first-order valence-corrected chi connectivity index (χ1v) is 5.58. The van der Waals surface area contributed by atoms with E-state index >= 15 is 0 Å². The molecule has 0 saturated carbocycles. The molecule has 1 aromatic carbocycles. The minimum atomic E-state index is -0.587. The molecule has 1 aliphatic rings. The van der Waals surface area contributed by atoms with E-state index in [2.05, 4.69) is 21.1 Å². The molecule has 1 heterocycles. The maximum atomic E-state index is 11.7. The van der Waals surface area contributed by atoms with Crippen molar-refractivity contribution in [3.8, 4) is 5.75 Å². The van der Waals surface area contributed by atoms with Crippen LogP contribution in [0.3, 0.4) is 0 Å². The molecule has 98 valence electrons. The largest absolute Gasteiger partial charge is 0.508 e. The van der Waals surface area contributed by atoms with Gasteiger partial charge in [-0.2, -0.15) is 10.2 Å². The normalized spacial score (nSPS) is 18.3. The van der Waals surface area contributed by atoms with Gasteiger partial charge in [-0.25, -0.2) is 10.9 Å². The van der Waals surface area contributed by atoms with Crippen LogP contribution in [0.4, 0.5) is 0 Å². The highest BCUT2D eigenvalue weighted by Gasteiger charge is 2.30. The number of carbonyl (C=O) groups excluding carboxylic acids is 2. The number of benzene rings is 1. The van der Waals surface area contributed by atoms with Crippen molar-refractivity contribution in [2.75, 3.05) is 0 Å². The van der Waals surface area contributed by atoms with Crippen molar-refractivity contribution in [1.29, 1.82) is 0 Å². The van der Waals surface area contributed by atoms with Crippen LogP contribution in [0.1, 0.15) is 12.5 Å². The van der Waals surface area contributed by atoms with Crippen molar-refractivity contribution in [3.63, 3.8) is 0 Å². The summed E-state index contributed by atoms with van der Waals surface area (Å²) in [4.78, 5) is 22.8. The predicted molar refractivity (Wildman–Crippen MR) is 68.6 cm³/mol. The minimum absolute atomic E-state index is 0.0954. The van der Waals surface area contributed by atoms with E-state index in [1.807, 2.05) is 0 Å². The molecule has 7 nitrogen and oxygen atoms in total. The van der Waals surface area contributed by atoms with Crippen LogP contribution in [-0.4, -0.2) is 28.8 Å². The summed E-state index contributed by atoms with van der Waals surface area (Å²) in [6.07, 6.45) is 1.38. The van der Waals surface area contributed by atoms with E-state index in [-0.39, 0.29) is 17.4 Å². The maximum Gasteiger partial charge on any atom is 0.288 e. The molecule has 0 bridgehead atoms. The van der Waals surface area contributed by atoms with E-state index in [0.717, 1.165) is 0 Å². The fraction of sp³-hybridized carbons (Fsp3) is 0.167. The van der Waals surface area contributed by atoms with Crippen molar-refractivity contribution >= 4 is 23.7 Å². The van der Waals surface area contributed by atoms with E-state index in [0.29, 0.717) is 5.56 Å². The minimum Gasteiger partial charge on any atom is -0.508 e. The van der Waals surface area contributed by atoms with Gasteiger partial charge in [-0.05, 0) is 24.6 Å². The molecular weight excluding hydrogens is 248 g/mol. The average molecular weight is 260 g/mol. The molecule has 1 aliphatic heterocycles. The number of hydrogen-bond acceptors (Lipinski definition) is 5. The fourth-order valence-corrected chi connectivity index (χ4v) is 1.51. The molecular formula is C12H12N4O3. The Bertz CT molecular complexity index is 580. The molecule has 2 amide bonds. The van der Waals surface area contributed by atoms with Gasteiger partial charge in [-0.15, -0.1) is 0 Å². The summed E-state index contributed by atoms with van der Waals surface area (Å²) in [6.45, 7) is 1.58.